The van der Waals surface area contributed by atoms with Gasteiger partial charge in [-0.15, -0.1) is 10.2 Å². The third-order valence-corrected chi connectivity index (χ3v) is 3.16. The zero-order valence-electron chi connectivity index (χ0n) is 9.59. The minimum atomic E-state index is -4.52. The molecule has 0 spiro atoms. The lowest BCUT2D eigenvalue weighted by Crippen LogP contribution is -2.49. The van der Waals surface area contributed by atoms with Crippen molar-refractivity contribution in [3.8, 4) is 0 Å². The minimum Gasteiger partial charge on any atom is -0.313 e. The van der Waals surface area contributed by atoms with Gasteiger partial charge in [-0.1, -0.05) is 6.42 Å². The number of aryl methyl sites for hydroxylation is 1. The number of nitrogens with zero attached hydrogens (tertiary/aromatic N) is 3. The van der Waals surface area contributed by atoms with Gasteiger partial charge in [-0.05, 0) is 19.8 Å². The number of rotatable bonds is 1. The van der Waals surface area contributed by atoms with Gasteiger partial charge >= 0.3 is 6.18 Å². The lowest BCUT2D eigenvalue weighted by Gasteiger charge is -2.27. The highest BCUT2D eigenvalue weighted by molar-refractivity contribution is 5.11. The summed E-state index contributed by atoms with van der Waals surface area (Å²) >= 11 is 0. The van der Waals surface area contributed by atoms with Gasteiger partial charge in [0.2, 0.25) is 0 Å². The van der Waals surface area contributed by atoms with Crippen molar-refractivity contribution in [2.24, 2.45) is 5.73 Å². The molecule has 1 unspecified atom stereocenters. The normalized spacial score (nSPS) is 20.5. The molecule has 1 aliphatic rings. The van der Waals surface area contributed by atoms with E-state index >= 15 is 0 Å². The molecule has 0 saturated heterocycles. The zero-order valence-corrected chi connectivity index (χ0v) is 9.59. The van der Waals surface area contributed by atoms with Gasteiger partial charge in [-0.25, -0.2) is 0 Å². The summed E-state index contributed by atoms with van der Waals surface area (Å²) in [4.78, 5) is 0. The quantitative estimate of drug-likeness (QED) is 0.823. The first-order valence-electron chi connectivity index (χ1n) is 5.62. The maximum Gasteiger partial charge on any atom is 0.413 e. The second kappa shape index (κ2) is 3.97. The van der Waals surface area contributed by atoms with Gasteiger partial charge in [0.25, 0.3) is 0 Å². The van der Waals surface area contributed by atoms with E-state index in [1.165, 1.54) is 4.57 Å². The average Bonchev–Trinajstić information content (AvgIpc) is 2.47. The summed E-state index contributed by atoms with van der Waals surface area (Å²) in [5, 5.41) is 7.48. The Kier molecular flexibility index (Phi) is 2.89. The second-order valence-electron chi connectivity index (χ2n) is 4.60. The predicted molar refractivity (Wildman–Crippen MR) is 55.2 cm³/mol. The molecule has 7 heteroatoms. The van der Waals surface area contributed by atoms with Gasteiger partial charge in [-0.3, -0.25) is 0 Å². The molecule has 0 radical (unpaired) electrons. The monoisotopic (exact) mass is 248 g/mol. The molecule has 0 aromatic carbocycles. The van der Waals surface area contributed by atoms with Crippen LogP contribution in [0.25, 0.3) is 0 Å². The van der Waals surface area contributed by atoms with E-state index in [4.69, 9.17) is 5.73 Å². The summed E-state index contributed by atoms with van der Waals surface area (Å²) in [5.74, 6) is 0.431. The van der Waals surface area contributed by atoms with Crippen molar-refractivity contribution in [3.05, 3.63) is 11.6 Å². The van der Waals surface area contributed by atoms with Crippen molar-refractivity contribution in [1.82, 2.24) is 14.8 Å². The molecular weight excluding hydrogens is 233 g/mol. The van der Waals surface area contributed by atoms with Crippen molar-refractivity contribution in [3.63, 3.8) is 0 Å². The molecule has 1 atom stereocenters. The Morgan fingerprint density at radius 2 is 1.88 bits per heavy atom. The van der Waals surface area contributed by atoms with Gasteiger partial charge in [0.15, 0.2) is 11.4 Å². The largest absolute Gasteiger partial charge is 0.413 e. The van der Waals surface area contributed by atoms with E-state index in [1.807, 2.05) is 0 Å². The van der Waals surface area contributed by atoms with Crippen molar-refractivity contribution >= 4 is 0 Å². The van der Waals surface area contributed by atoms with E-state index in [0.717, 1.165) is 26.2 Å². The molecule has 1 aromatic rings. The van der Waals surface area contributed by atoms with Gasteiger partial charge in [0, 0.05) is 13.0 Å². The Morgan fingerprint density at radius 1 is 1.18 bits per heavy atom. The van der Waals surface area contributed by atoms with Crippen LogP contribution in [0.4, 0.5) is 13.2 Å². The Bertz CT molecular complexity index is 408. The van der Waals surface area contributed by atoms with Crippen LogP contribution < -0.4 is 5.73 Å². The SMILES string of the molecule is CC(N)(c1nnc2n1CCCCC2)C(F)(F)F. The first-order chi connectivity index (χ1) is 7.84. The molecule has 0 saturated carbocycles. The van der Waals surface area contributed by atoms with Crippen LogP contribution >= 0.6 is 0 Å². The smallest absolute Gasteiger partial charge is 0.313 e. The van der Waals surface area contributed by atoms with E-state index in [9.17, 15) is 13.2 Å². The summed E-state index contributed by atoms with van der Waals surface area (Å²) in [6.45, 7) is 1.45. The van der Waals surface area contributed by atoms with Crippen LogP contribution in [-0.2, 0) is 18.5 Å². The van der Waals surface area contributed by atoms with Crippen molar-refractivity contribution < 1.29 is 13.2 Å². The van der Waals surface area contributed by atoms with Crippen LogP contribution in [0.1, 0.15) is 37.8 Å². The fraction of sp³-hybridized carbons (Fsp3) is 0.800. The van der Waals surface area contributed by atoms with E-state index < -0.39 is 11.7 Å². The Hall–Kier alpha value is -1.11. The zero-order chi connectivity index (χ0) is 12.7. The molecule has 2 N–H and O–H groups in total. The van der Waals surface area contributed by atoms with E-state index in [-0.39, 0.29) is 5.82 Å². The molecule has 1 aromatic heterocycles. The molecule has 0 bridgehead atoms. The third kappa shape index (κ3) is 2.03. The molecule has 17 heavy (non-hydrogen) atoms. The summed E-state index contributed by atoms with van der Waals surface area (Å²) in [6, 6.07) is 0. The molecule has 1 aliphatic heterocycles. The summed E-state index contributed by atoms with van der Waals surface area (Å²) in [7, 11) is 0. The van der Waals surface area contributed by atoms with Crippen LogP contribution in [0.5, 0.6) is 0 Å². The highest BCUT2D eigenvalue weighted by Gasteiger charge is 2.53. The fourth-order valence-electron chi connectivity index (χ4n) is 2.00. The Labute approximate surface area is 97.0 Å². The molecule has 0 fully saturated rings. The third-order valence-electron chi connectivity index (χ3n) is 3.16. The molecule has 0 amide bonds. The fourth-order valence-corrected chi connectivity index (χ4v) is 2.00. The van der Waals surface area contributed by atoms with Crippen LogP contribution in [0.15, 0.2) is 0 Å². The van der Waals surface area contributed by atoms with E-state index in [0.29, 0.717) is 18.8 Å². The second-order valence-corrected chi connectivity index (χ2v) is 4.60. The highest BCUT2D eigenvalue weighted by Crippen LogP contribution is 2.36. The molecular formula is C10H15F3N4. The number of halogens is 3. The lowest BCUT2D eigenvalue weighted by atomic mass is 10.0. The van der Waals surface area contributed by atoms with Gasteiger partial charge in [0.05, 0.1) is 0 Å². The van der Waals surface area contributed by atoms with E-state index in [1.54, 1.807) is 0 Å². The minimum absolute atomic E-state index is 0.179. The van der Waals surface area contributed by atoms with Crippen molar-refractivity contribution in [2.45, 2.75) is 50.9 Å². The summed E-state index contributed by atoms with van der Waals surface area (Å²) < 4.78 is 40.1. The Balaban J connectivity index is 2.43. The number of nitrogens with two attached hydrogens (primary N) is 1. The highest BCUT2D eigenvalue weighted by atomic mass is 19.4. The van der Waals surface area contributed by atoms with Gasteiger partial charge < -0.3 is 10.3 Å². The van der Waals surface area contributed by atoms with Crippen molar-refractivity contribution in [1.29, 1.82) is 0 Å². The van der Waals surface area contributed by atoms with Gasteiger partial charge in [-0.2, -0.15) is 13.2 Å². The van der Waals surface area contributed by atoms with Crippen molar-refractivity contribution in [2.75, 3.05) is 0 Å². The number of aromatic nitrogens is 3. The topological polar surface area (TPSA) is 56.7 Å². The average molecular weight is 248 g/mol. The molecule has 2 heterocycles. The predicted octanol–water partition coefficient (Wildman–Crippen LogP) is 1.74. The molecule has 96 valence electrons. The standard InChI is InChI=1S/C10H15F3N4/c1-9(14,10(11,12)13)8-16-15-7-5-3-2-4-6-17(7)8/h2-6,14H2,1H3. The number of hydrogen-bond acceptors (Lipinski definition) is 3. The number of fused-ring (bicyclic) bond motifs is 1. The van der Waals surface area contributed by atoms with Crippen LogP contribution in [0.2, 0.25) is 0 Å². The first kappa shape index (κ1) is 12.3. The van der Waals surface area contributed by atoms with Crippen LogP contribution in [0, 0.1) is 0 Å². The molecule has 2 rings (SSSR count). The first-order valence-corrected chi connectivity index (χ1v) is 5.62. The van der Waals surface area contributed by atoms with Crippen LogP contribution in [0.3, 0.4) is 0 Å². The lowest BCUT2D eigenvalue weighted by molar-refractivity contribution is -0.187. The van der Waals surface area contributed by atoms with Gasteiger partial charge in [0.1, 0.15) is 5.82 Å². The summed E-state index contributed by atoms with van der Waals surface area (Å²) in [6.07, 6.45) is -1.09. The van der Waals surface area contributed by atoms with Crippen LogP contribution in [-0.4, -0.2) is 20.9 Å². The molecule has 4 nitrogen and oxygen atoms in total. The van der Waals surface area contributed by atoms with E-state index in [2.05, 4.69) is 10.2 Å². The maximum absolute atomic E-state index is 12.9. The Morgan fingerprint density at radius 3 is 2.53 bits per heavy atom. The molecule has 0 aliphatic carbocycles. The number of alkyl halides is 3. The number of hydrogen-bond donors (Lipinski definition) is 1. The maximum atomic E-state index is 12.9. The summed E-state index contributed by atoms with van der Waals surface area (Å²) in [5.41, 5.74) is 2.94.